The SMILES string of the molecule is Cc1cncc2ccc(=O)[n-]c12.[Rb+]. The number of nitrogens with zero attached hydrogens (tertiary/aromatic N) is 2. The van der Waals surface area contributed by atoms with Gasteiger partial charge in [0, 0.05) is 12.4 Å². The molecule has 2 rings (SSSR count). The Morgan fingerprint density at radius 2 is 2.08 bits per heavy atom. The molecule has 0 saturated heterocycles. The number of rotatable bonds is 0. The number of aryl methyl sites for hydroxylation is 1. The summed E-state index contributed by atoms with van der Waals surface area (Å²) < 4.78 is 0. The minimum atomic E-state index is -0.197. The summed E-state index contributed by atoms with van der Waals surface area (Å²) in [5.41, 5.74) is 1.49. The summed E-state index contributed by atoms with van der Waals surface area (Å²) in [6.07, 6.45) is 3.41. The molecule has 0 bridgehead atoms. The largest absolute Gasteiger partial charge is 1.00 e. The smallest absolute Gasteiger partial charge is 0.622 e. The molecule has 0 aliphatic heterocycles. The van der Waals surface area contributed by atoms with Crippen molar-refractivity contribution in [3.05, 3.63) is 40.4 Å². The van der Waals surface area contributed by atoms with E-state index >= 15 is 0 Å². The van der Waals surface area contributed by atoms with Crippen LogP contribution < -0.4 is 68.7 Å². The number of hydrogen-bond donors (Lipinski definition) is 0. The molecule has 0 amide bonds. The molecule has 3 nitrogen and oxygen atoms in total. The van der Waals surface area contributed by atoms with Crippen molar-refractivity contribution in [1.29, 1.82) is 0 Å². The van der Waals surface area contributed by atoms with E-state index in [1.807, 2.05) is 6.92 Å². The maximum atomic E-state index is 10.9. The zero-order chi connectivity index (χ0) is 8.55. The number of pyridine rings is 2. The second-order valence-electron chi connectivity index (χ2n) is 2.68. The predicted octanol–water partition coefficient (Wildman–Crippen LogP) is -2.14. The normalized spacial score (nSPS) is 9.62. The Kier molecular flexibility index (Phi) is 3.97. The van der Waals surface area contributed by atoms with Crippen LogP contribution in [0, 0.1) is 6.92 Å². The zero-order valence-corrected chi connectivity index (χ0v) is 12.5. The number of aromatic nitrogens is 2. The third kappa shape index (κ3) is 2.34. The Hall–Kier alpha value is 0.165. The van der Waals surface area contributed by atoms with Crippen molar-refractivity contribution in [3.8, 4) is 0 Å². The molecule has 0 unspecified atom stereocenters. The minimum absolute atomic E-state index is 0. The van der Waals surface area contributed by atoms with Crippen LogP contribution >= 0.6 is 0 Å². The number of hydrogen-bond acceptors (Lipinski definition) is 2. The van der Waals surface area contributed by atoms with Crippen molar-refractivity contribution >= 4 is 10.9 Å². The third-order valence-electron chi connectivity index (χ3n) is 1.76. The topological polar surface area (TPSA) is 44.1 Å². The van der Waals surface area contributed by atoms with E-state index in [1.165, 1.54) is 6.07 Å². The summed E-state index contributed by atoms with van der Waals surface area (Å²) in [4.78, 5) is 18.8. The van der Waals surface area contributed by atoms with Gasteiger partial charge in [-0.2, -0.15) is 0 Å². The summed E-state index contributed by atoms with van der Waals surface area (Å²) >= 11 is 0. The van der Waals surface area contributed by atoms with Gasteiger partial charge in [0.25, 0.3) is 0 Å². The van der Waals surface area contributed by atoms with Crippen molar-refractivity contribution < 1.29 is 58.2 Å². The summed E-state index contributed by atoms with van der Waals surface area (Å²) in [6.45, 7) is 1.89. The maximum Gasteiger partial charge on any atom is 1.00 e. The fraction of sp³-hybridized carbons (Fsp3) is 0.111. The Morgan fingerprint density at radius 1 is 1.31 bits per heavy atom. The average molecular weight is 245 g/mol. The monoisotopic (exact) mass is 244 g/mol. The van der Waals surface area contributed by atoms with E-state index in [1.54, 1.807) is 18.5 Å². The van der Waals surface area contributed by atoms with E-state index < -0.39 is 0 Å². The molecule has 60 valence electrons. The van der Waals surface area contributed by atoms with E-state index in [2.05, 4.69) is 9.97 Å². The average Bonchev–Trinajstić information content (AvgIpc) is 2.07. The molecule has 0 atom stereocenters. The molecule has 13 heavy (non-hydrogen) atoms. The van der Waals surface area contributed by atoms with Crippen LogP contribution in [0.2, 0.25) is 0 Å². The van der Waals surface area contributed by atoms with Gasteiger partial charge < -0.3 is 9.78 Å². The van der Waals surface area contributed by atoms with Crippen LogP contribution in [0.25, 0.3) is 10.9 Å². The molecule has 0 N–H and O–H groups in total. The summed E-state index contributed by atoms with van der Waals surface area (Å²) in [5.74, 6) is 0. The van der Waals surface area contributed by atoms with Gasteiger partial charge in [0.1, 0.15) is 0 Å². The van der Waals surface area contributed by atoms with Crippen molar-refractivity contribution in [2.24, 2.45) is 0 Å². The number of fused-ring (bicyclic) bond motifs is 1. The van der Waals surface area contributed by atoms with E-state index in [0.717, 1.165) is 16.5 Å². The van der Waals surface area contributed by atoms with Crippen LogP contribution in [0.4, 0.5) is 0 Å². The third-order valence-corrected chi connectivity index (χ3v) is 1.76. The van der Waals surface area contributed by atoms with Gasteiger partial charge >= 0.3 is 58.2 Å². The Morgan fingerprint density at radius 3 is 2.85 bits per heavy atom. The van der Waals surface area contributed by atoms with Gasteiger partial charge in [-0.25, -0.2) is 0 Å². The fourth-order valence-corrected chi connectivity index (χ4v) is 1.16. The predicted molar refractivity (Wildman–Crippen MR) is 46.1 cm³/mol. The second-order valence-corrected chi connectivity index (χ2v) is 2.68. The molecule has 0 spiro atoms. The summed E-state index contributed by atoms with van der Waals surface area (Å²) in [7, 11) is 0. The molecule has 0 aliphatic carbocycles. The van der Waals surface area contributed by atoms with Crippen molar-refractivity contribution in [2.75, 3.05) is 0 Å². The van der Waals surface area contributed by atoms with Gasteiger partial charge in [-0.05, 0) is 23.9 Å². The Balaban J connectivity index is 0.000000845. The van der Waals surface area contributed by atoms with E-state index in [0.29, 0.717) is 0 Å². The van der Waals surface area contributed by atoms with Gasteiger partial charge in [0.2, 0.25) is 0 Å². The van der Waals surface area contributed by atoms with E-state index in [4.69, 9.17) is 0 Å². The van der Waals surface area contributed by atoms with Gasteiger partial charge in [-0.3, -0.25) is 4.98 Å². The van der Waals surface area contributed by atoms with Crippen LogP contribution in [0.1, 0.15) is 5.56 Å². The summed E-state index contributed by atoms with van der Waals surface area (Å²) in [6, 6.07) is 3.19. The Labute approximate surface area is 124 Å². The first-order valence-electron chi connectivity index (χ1n) is 3.66. The van der Waals surface area contributed by atoms with Crippen molar-refractivity contribution in [3.63, 3.8) is 0 Å². The van der Waals surface area contributed by atoms with Crippen LogP contribution in [0.5, 0.6) is 0 Å². The fourth-order valence-electron chi connectivity index (χ4n) is 1.16. The van der Waals surface area contributed by atoms with E-state index in [9.17, 15) is 4.79 Å². The second kappa shape index (κ2) is 4.60. The van der Waals surface area contributed by atoms with Crippen LogP contribution in [0.15, 0.2) is 29.3 Å². The minimum Gasteiger partial charge on any atom is -0.622 e. The van der Waals surface area contributed by atoms with Crippen molar-refractivity contribution in [1.82, 2.24) is 9.97 Å². The molecule has 0 aliphatic rings. The first kappa shape index (κ1) is 11.2. The molecular weight excluding hydrogens is 238 g/mol. The van der Waals surface area contributed by atoms with Gasteiger partial charge in [-0.1, -0.05) is 6.07 Å². The van der Waals surface area contributed by atoms with Crippen LogP contribution in [-0.4, -0.2) is 4.98 Å². The molecule has 0 aromatic carbocycles. The first-order chi connectivity index (χ1) is 5.77. The standard InChI is InChI=1S/C9H8N2O.Rb/c1-6-4-10-5-7-2-3-8(12)11-9(6)7;/h2-5H,1H3,(H,10,11,12);/q;+1/p-1. The molecule has 2 heterocycles. The van der Waals surface area contributed by atoms with Gasteiger partial charge in [0.05, 0.1) is 5.56 Å². The first-order valence-corrected chi connectivity index (χ1v) is 3.66. The molecular formula is C9H7N2ORb. The molecule has 0 radical (unpaired) electrons. The molecule has 4 heteroatoms. The van der Waals surface area contributed by atoms with Crippen molar-refractivity contribution in [2.45, 2.75) is 6.92 Å². The maximum absolute atomic E-state index is 10.9. The quantitative estimate of drug-likeness (QED) is 0.532. The van der Waals surface area contributed by atoms with Gasteiger partial charge in [-0.15, -0.1) is 5.52 Å². The van der Waals surface area contributed by atoms with Crippen LogP contribution in [0.3, 0.4) is 0 Å². The molecule has 2 aromatic rings. The molecule has 2 aromatic heterocycles. The van der Waals surface area contributed by atoms with Gasteiger partial charge in [0.15, 0.2) is 0 Å². The molecule has 0 saturated carbocycles. The van der Waals surface area contributed by atoms with Crippen LogP contribution in [-0.2, 0) is 0 Å². The zero-order valence-electron chi connectivity index (χ0n) is 7.61. The Bertz CT molecular complexity index is 478. The van der Waals surface area contributed by atoms with E-state index in [-0.39, 0.29) is 63.7 Å². The summed E-state index contributed by atoms with van der Waals surface area (Å²) in [5, 5.41) is 0.912. The molecule has 0 fully saturated rings.